The van der Waals surface area contributed by atoms with Gasteiger partial charge in [0.1, 0.15) is 0 Å². The van der Waals surface area contributed by atoms with E-state index in [1.807, 2.05) is 0 Å². The summed E-state index contributed by atoms with van der Waals surface area (Å²) in [5.74, 6) is -1.55. The molecule has 0 atom stereocenters. The number of nitrogens with zero attached hydrogens (tertiary/aromatic N) is 1. The molecule has 0 saturated carbocycles. The molecular weight excluding hydrogens is 266 g/mol. The molecule has 6 heteroatoms. The van der Waals surface area contributed by atoms with E-state index < -0.39 is 17.4 Å². The normalized spacial score (nSPS) is 11.4. The number of hydrazone groups is 1. The van der Waals surface area contributed by atoms with Crippen LogP contribution in [0.25, 0.3) is 0 Å². The SMILES string of the molecule is CC(C)(C)NC(=O)C(=O)N/N=C\c1ccccc1Cl. The summed E-state index contributed by atoms with van der Waals surface area (Å²) in [6, 6.07) is 7.03. The molecule has 0 aromatic heterocycles. The Balaban J connectivity index is 2.55. The first kappa shape index (κ1) is 15.2. The first-order valence-corrected chi connectivity index (χ1v) is 6.07. The fourth-order valence-corrected chi connectivity index (χ4v) is 1.37. The average Bonchev–Trinajstić information content (AvgIpc) is 2.29. The van der Waals surface area contributed by atoms with Gasteiger partial charge in [-0.2, -0.15) is 5.10 Å². The number of carbonyl (C=O) groups excluding carboxylic acids is 2. The molecule has 0 spiro atoms. The van der Waals surface area contributed by atoms with Crippen molar-refractivity contribution in [1.29, 1.82) is 0 Å². The third-order valence-electron chi connectivity index (χ3n) is 1.97. The maximum atomic E-state index is 11.4. The predicted molar refractivity (Wildman–Crippen MR) is 75.1 cm³/mol. The van der Waals surface area contributed by atoms with Crippen molar-refractivity contribution in [1.82, 2.24) is 10.7 Å². The Kier molecular flexibility index (Phi) is 5.06. The summed E-state index contributed by atoms with van der Waals surface area (Å²) >= 11 is 5.91. The van der Waals surface area contributed by atoms with E-state index in [2.05, 4.69) is 15.8 Å². The maximum absolute atomic E-state index is 11.4. The largest absolute Gasteiger partial charge is 0.343 e. The fourth-order valence-electron chi connectivity index (χ4n) is 1.19. The monoisotopic (exact) mass is 281 g/mol. The molecule has 0 bridgehead atoms. The van der Waals surface area contributed by atoms with Gasteiger partial charge in [0.15, 0.2) is 0 Å². The number of hydrogen-bond donors (Lipinski definition) is 2. The molecule has 5 nitrogen and oxygen atoms in total. The van der Waals surface area contributed by atoms with Gasteiger partial charge in [-0.25, -0.2) is 5.43 Å². The molecule has 0 radical (unpaired) electrons. The molecule has 0 unspecified atom stereocenters. The molecule has 1 rings (SSSR count). The van der Waals surface area contributed by atoms with Gasteiger partial charge in [-0.05, 0) is 26.8 Å². The summed E-state index contributed by atoms with van der Waals surface area (Å²) in [7, 11) is 0. The van der Waals surface area contributed by atoms with E-state index in [9.17, 15) is 9.59 Å². The fraction of sp³-hybridized carbons (Fsp3) is 0.308. The highest BCUT2D eigenvalue weighted by Gasteiger charge is 2.19. The third-order valence-corrected chi connectivity index (χ3v) is 2.31. The van der Waals surface area contributed by atoms with Crippen LogP contribution in [0.15, 0.2) is 29.4 Å². The molecule has 1 aromatic rings. The smallest absolute Gasteiger partial charge is 0.329 e. The van der Waals surface area contributed by atoms with Crippen LogP contribution < -0.4 is 10.7 Å². The van der Waals surface area contributed by atoms with E-state index in [0.29, 0.717) is 10.6 Å². The average molecular weight is 282 g/mol. The first-order valence-electron chi connectivity index (χ1n) is 5.70. The van der Waals surface area contributed by atoms with Crippen LogP contribution in [-0.2, 0) is 9.59 Å². The van der Waals surface area contributed by atoms with Crippen LogP contribution in [0, 0.1) is 0 Å². The molecule has 0 aliphatic rings. The highest BCUT2D eigenvalue weighted by molar-refractivity contribution is 6.35. The Hall–Kier alpha value is -1.88. The number of hydrogen-bond acceptors (Lipinski definition) is 3. The molecule has 0 fully saturated rings. The van der Waals surface area contributed by atoms with E-state index >= 15 is 0 Å². The van der Waals surface area contributed by atoms with E-state index in [4.69, 9.17) is 11.6 Å². The molecule has 0 aliphatic heterocycles. The maximum Gasteiger partial charge on any atom is 0.329 e. The van der Waals surface area contributed by atoms with E-state index in [0.717, 1.165) is 0 Å². The highest BCUT2D eigenvalue weighted by Crippen LogP contribution is 2.11. The number of carbonyl (C=O) groups is 2. The third kappa shape index (κ3) is 5.52. The minimum Gasteiger partial charge on any atom is -0.343 e. The van der Waals surface area contributed by atoms with Crippen LogP contribution in [0.1, 0.15) is 26.3 Å². The minimum atomic E-state index is -0.821. The molecule has 19 heavy (non-hydrogen) atoms. The molecule has 0 saturated heterocycles. The lowest BCUT2D eigenvalue weighted by Gasteiger charge is -2.19. The molecule has 0 heterocycles. The lowest BCUT2D eigenvalue weighted by molar-refractivity contribution is -0.140. The zero-order valence-corrected chi connectivity index (χ0v) is 11.8. The van der Waals surface area contributed by atoms with Gasteiger partial charge in [-0.15, -0.1) is 0 Å². The lowest BCUT2D eigenvalue weighted by Crippen LogP contribution is -2.47. The van der Waals surface area contributed by atoms with Gasteiger partial charge >= 0.3 is 11.8 Å². The number of nitrogens with one attached hydrogen (secondary N) is 2. The zero-order chi connectivity index (χ0) is 14.5. The van der Waals surface area contributed by atoms with Crippen LogP contribution in [0.2, 0.25) is 5.02 Å². The van der Waals surface area contributed by atoms with E-state index in [1.54, 1.807) is 45.0 Å². The van der Waals surface area contributed by atoms with Crippen molar-refractivity contribution >= 4 is 29.6 Å². The second-order valence-electron chi connectivity index (χ2n) is 4.92. The summed E-state index contributed by atoms with van der Waals surface area (Å²) in [5.41, 5.74) is 2.32. The van der Waals surface area contributed by atoms with E-state index in [-0.39, 0.29) is 0 Å². The number of rotatable bonds is 2. The van der Waals surface area contributed by atoms with Crippen LogP contribution in [0.3, 0.4) is 0 Å². The number of benzene rings is 1. The summed E-state index contributed by atoms with van der Waals surface area (Å²) in [6.07, 6.45) is 1.38. The van der Waals surface area contributed by atoms with Crippen molar-refractivity contribution < 1.29 is 9.59 Å². The van der Waals surface area contributed by atoms with Crippen molar-refractivity contribution in [3.05, 3.63) is 34.9 Å². The standard InChI is InChI=1S/C13H16ClN3O2/c1-13(2,3)16-11(18)12(19)17-15-8-9-6-4-5-7-10(9)14/h4-8H,1-3H3,(H,16,18)(H,17,19)/b15-8-. The van der Waals surface area contributed by atoms with Crippen molar-refractivity contribution in [3.8, 4) is 0 Å². The van der Waals surface area contributed by atoms with Gasteiger partial charge in [-0.1, -0.05) is 29.8 Å². The second-order valence-corrected chi connectivity index (χ2v) is 5.33. The quantitative estimate of drug-likeness (QED) is 0.492. The van der Waals surface area contributed by atoms with Gasteiger partial charge in [0.05, 0.1) is 6.21 Å². The van der Waals surface area contributed by atoms with Crippen molar-refractivity contribution in [2.45, 2.75) is 26.3 Å². The van der Waals surface area contributed by atoms with Crippen LogP contribution >= 0.6 is 11.6 Å². The van der Waals surface area contributed by atoms with Gasteiger partial charge in [0.25, 0.3) is 0 Å². The summed E-state index contributed by atoms with van der Waals surface area (Å²) in [5, 5.41) is 6.73. The molecule has 102 valence electrons. The molecule has 1 aromatic carbocycles. The predicted octanol–water partition coefficient (Wildman–Crippen LogP) is 1.70. The summed E-state index contributed by atoms with van der Waals surface area (Å²) < 4.78 is 0. The molecule has 0 aliphatic carbocycles. The van der Waals surface area contributed by atoms with Crippen LogP contribution in [-0.4, -0.2) is 23.6 Å². The highest BCUT2D eigenvalue weighted by atomic mass is 35.5. The number of amides is 2. The Morgan fingerprint density at radius 2 is 1.84 bits per heavy atom. The molecule has 2 amide bonds. The first-order chi connectivity index (χ1) is 8.79. The lowest BCUT2D eigenvalue weighted by atomic mass is 10.1. The number of halogens is 1. The molecule has 2 N–H and O–H groups in total. The van der Waals surface area contributed by atoms with Gasteiger partial charge in [0.2, 0.25) is 0 Å². The van der Waals surface area contributed by atoms with Gasteiger partial charge < -0.3 is 5.32 Å². The Morgan fingerprint density at radius 1 is 1.21 bits per heavy atom. The van der Waals surface area contributed by atoms with Crippen molar-refractivity contribution in [2.24, 2.45) is 5.10 Å². The van der Waals surface area contributed by atoms with Crippen LogP contribution in [0.5, 0.6) is 0 Å². The van der Waals surface area contributed by atoms with Crippen molar-refractivity contribution in [2.75, 3.05) is 0 Å². The van der Waals surface area contributed by atoms with Crippen molar-refractivity contribution in [3.63, 3.8) is 0 Å². The summed E-state index contributed by atoms with van der Waals surface area (Å²) in [4.78, 5) is 22.9. The Labute approximate surface area is 117 Å². The topological polar surface area (TPSA) is 70.6 Å². The molecular formula is C13H16ClN3O2. The second kappa shape index (κ2) is 6.33. The Morgan fingerprint density at radius 3 is 2.42 bits per heavy atom. The van der Waals surface area contributed by atoms with Crippen LogP contribution in [0.4, 0.5) is 0 Å². The van der Waals surface area contributed by atoms with E-state index in [1.165, 1.54) is 6.21 Å². The Bertz CT molecular complexity index is 507. The van der Waals surface area contributed by atoms with Gasteiger partial charge in [0, 0.05) is 16.1 Å². The zero-order valence-electron chi connectivity index (χ0n) is 11.0. The van der Waals surface area contributed by atoms with Gasteiger partial charge in [-0.3, -0.25) is 9.59 Å². The summed E-state index contributed by atoms with van der Waals surface area (Å²) in [6.45, 7) is 5.35. The minimum absolute atomic E-state index is 0.471.